The van der Waals surface area contributed by atoms with Gasteiger partial charge in [0.15, 0.2) is 6.61 Å². The number of ether oxygens (including phenoxy) is 2. The molecule has 1 heterocycles. The second-order valence-electron chi connectivity index (χ2n) is 4.50. The van der Waals surface area contributed by atoms with Crippen LogP contribution in [0.5, 0.6) is 5.88 Å². The summed E-state index contributed by atoms with van der Waals surface area (Å²) < 4.78 is 10.3. The molecule has 0 amide bonds. The van der Waals surface area contributed by atoms with Gasteiger partial charge < -0.3 is 14.6 Å². The van der Waals surface area contributed by atoms with Gasteiger partial charge in [-0.05, 0) is 32.9 Å². The Morgan fingerprint density at radius 1 is 1.47 bits per heavy atom. The van der Waals surface area contributed by atoms with Crippen LogP contribution < -0.4 is 4.74 Å². The SMILES string of the molecule is CC(C)(C)OC(=O)COc1ncccc1CO. The fraction of sp³-hybridized carbons (Fsp3) is 0.500. The van der Waals surface area contributed by atoms with Gasteiger partial charge in [0.05, 0.1) is 6.61 Å². The molecule has 0 saturated heterocycles. The summed E-state index contributed by atoms with van der Waals surface area (Å²) in [6, 6.07) is 3.36. The summed E-state index contributed by atoms with van der Waals surface area (Å²) in [5, 5.41) is 9.03. The number of carbonyl (C=O) groups is 1. The predicted octanol–water partition coefficient (Wildman–Crippen LogP) is 1.29. The van der Waals surface area contributed by atoms with Gasteiger partial charge in [0.25, 0.3) is 0 Å². The van der Waals surface area contributed by atoms with E-state index in [0.29, 0.717) is 5.56 Å². The Morgan fingerprint density at radius 3 is 2.76 bits per heavy atom. The Kier molecular flexibility index (Phi) is 4.45. The molecule has 0 spiro atoms. The number of hydrogen-bond acceptors (Lipinski definition) is 5. The van der Waals surface area contributed by atoms with Gasteiger partial charge in [-0.3, -0.25) is 0 Å². The van der Waals surface area contributed by atoms with Crippen molar-refractivity contribution in [1.82, 2.24) is 4.98 Å². The maximum absolute atomic E-state index is 11.4. The number of pyridine rings is 1. The first kappa shape index (κ1) is 13.4. The number of aromatic nitrogens is 1. The molecule has 0 atom stereocenters. The Morgan fingerprint density at radius 2 is 2.18 bits per heavy atom. The molecule has 0 aliphatic carbocycles. The summed E-state index contributed by atoms with van der Waals surface area (Å²) in [6.45, 7) is 4.94. The first-order chi connectivity index (χ1) is 7.92. The fourth-order valence-corrected chi connectivity index (χ4v) is 1.17. The monoisotopic (exact) mass is 239 g/mol. The predicted molar refractivity (Wildman–Crippen MR) is 61.5 cm³/mol. The van der Waals surface area contributed by atoms with E-state index in [1.807, 2.05) is 0 Å². The maximum atomic E-state index is 11.4. The molecule has 5 heteroatoms. The number of aliphatic hydroxyl groups is 1. The van der Waals surface area contributed by atoms with Crippen LogP contribution in [0.3, 0.4) is 0 Å². The summed E-state index contributed by atoms with van der Waals surface area (Å²) in [5.41, 5.74) is 0.000684. The summed E-state index contributed by atoms with van der Waals surface area (Å²) in [7, 11) is 0. The van der Waals surface area contributed by atoms with Crippen molar-refractivity contribution in [3.63, 3.8) is 0 Å². The van der Waals surface area contributed by atoms with E-state index in [9.17, 15) is 4.79 Å². The highest BCUT2D eigenvalue weighted by Crippen LogP contribution is 2.14. The van der Waals surface area contributed by atoms with Gasteiger partial charge in [-0.15, -0.1) is 0 Å². The molecule has 94 valence electrons. The first-order valence-corrected chi connectivity index (χ1v) is 5.32. The van der Waals surface area contributed by atoms with Crippen molar-refractivity contribution in [1.29, 1.82) is 0 Å². The van der Waals surface area contributed by atoms with Crippen molar-refractivity contribution in [2.75, 3.05) is 6.61 Å². The lowest BCUT2D eigenvalue weighted by Gasteiger charge is -2.19. The number of rotatable bonds is 4. The Balaban J connectivity index is 2.53. The third kappa shape index (κ3) is 4.82. The Bertz CT molecular complexity index is 384. The quantitative estimate of drug-likeness (QED) is 0.802. The van der Waals surface area contributed by atoms with Crippen LogP contribution in [0.15, 0.2) is 18.3 Å². The number of esters is 1. The highest BCUT2D eigenvalue weighted by molar-refractivity contribution is 5.71. The Hall–Kier alpha value is -1.62. The molecule has 0 aliphatic heterocycles. The van der Waals surface area contributed by atoms with Crippen LogP contribution in [0.4, 0.5) is 0 Å². The summed E-state index contributed by atoms with van der Waals surface area (Å²) >= 11 is 0. The van der Waals surface area contributed by atoms with Crippen LogP contribution in [0, 0.1) is 0 Å². The lowest BCUT2D eigenvalue weighted by atomic mass is 10.2. The molecule has 0 unspecified atom stereocenters. The largest absolute Gasteiger partial charge is 0.465 e. The highest BCUT2D eigenvalue weighted by Gasteiger charge is 2.17. The van der Waals surface area contributed by atoms with Crippen LogP contribution in [0.2, 0.25) is 0 Å². The van der Waals surface area contributed by atoms with E-state index in [2.05, 4.69) is 4.98 Å². The lowest BCUT2D eigenvalue weighted by molar-refractivity contribution is -0.157. The molecule has 1 aromatic rings. The van der Waals surface area contributed by atoms with Gasteiger partial charge in [-0.2, -0.15) is 0 Å². The minimum atomic E-state index is -0.537. The van der Waals surface area contributed by atoms with E-state index in [1.54, 1.807) is 32.9 Å². The topological polar surface area (TPSA) is 68.7 Å². The van der Waals surface area contributed by atoms with Crippen molar-refractivity contribution in [2.45, 2.75) is 33.0 Å². The summed E-state index contributed by atoms with van der Waals surface area (Å²) in [5.74, 6) is -0.215. The zero-order valence-corrected chi connectivity index (χ0v) is 10.3. The van der Waals surface area contributed by atoms with E-state index in [-0.39, 0.29) is 19.1 Å². The van der Waals surface area contributed by atoms with Crippen molar-refractivity contribution in [3.8, 4) is 5.88 Å². The van der Waals surface area contributed by atoms with E-state index >= 15 is 0 Å². The van der Waals surface area contributed by atoms with Gasteiger partial charge in [0, 0.05) is 11.8 Å². The molecule has 1 aromatic heterocycles. The smallest absolute Gasteiger partial charge is 0.344 e. The summed E-state index contributed by atoms with van der Waals surface area (Å²) in [6.07, 6.45) is 1.53. The normalized spacial score (nSPS) is 11.1. The Labute approximate surface area is 100 Å². The van der Waals surface area contributed by atoms with Crippen molar-refractivity contribution in [2.24, 2.45) is 0 Å². The van der Waals surface area contributed by atoms with Crippen LogP contribution in [0.1, 0.15) is 26.3 Å². The maximum Gasteiger partial charge on any atom is 0.344 e. The van der Waals surface area contributed by atoms with Crippen molar-refractivity contribution in [3.05, 3.63) is 23.9 Å². The van der Waals surface area contributed by atoms with Crippen LogP contribution >= 0.6 is 0 Å². The second kappa shape index (κ2) is 5.63. The van der Waals surface area contributed by atoms with Gasteiger partial charge in [-0.25, -0.2) is 9.78 Å². The lowest BCUT2D eigenvalue weighted by Crippen LogP contribution is -2.27. The number of nitrogens with zero attached hydrogens (tertiary/aromatic N) is 1. The highest BCUT2D eigenvalue weighted by atomic mass is 16.6. The minimum Gasteiger partial charge on any atom is -0.465 e. The molecule has 0 aromatic carbocycles. The van der Waals surface area contributed by atoms with E-state index in [0.717, 1.165) is 0 Å². The van der Waals surface area contributed by atoms with Gasteiger partial charge >= 0.3 is 5.97 Å². The van der Waals surface area contributed by atoms with Crippen molar-refractivity contribution < 1.29 is 19.4 Å². The third-order valence-corrected chi connectivity index (χ3v) is 1.77. The fourth-order valence-electron chi connectivity index (χ4n) is 1.17. The minimum absolute atomic E-state index is 0.183. The molecule has 0 bridgehead atoms. The average molecular weight is 239 g/mol. The first-order valence-electron chi connectivity index (χ1n) is 5.32. The second-order valence-corrected chi connectivity index (χ2v) is 4.50. The molecule has 5 nitrogen and oxygen atoms in total. The van der Waals surface area contributed by atoms with Crippen molar-refractivity contribution >= 4 is 5.97 Å². The van der Waals surface area contributed by atoms with E-state index in [1.165, 1.54) is 6.20 Å². The van der Waals surface area contributed by atoms with Crippen LogP contribution in [0.25, 0.3) is 0 Å². The standard InChI is InChI=1S/C12H17NO4/c1-12(2,3)17-10(15)8-16-11-9(7-14)5-4-6-13-11/h4-6,14H,7-8H2,1-3H3. The zero-order chi connectivity index (χ0) is 12.9. The summed E-state index contributed by atoms with van der Waals surface area (Å²) in [4.78, 5) is 15.3. The van der Waals surface area contributed by atoms with E-state index in [4.69, 9.17) is 14.6 Å². The van der Waals surface area contributed by atoms with Gasteiger partial charge in [0.2, 0.25) is 5.88 Å². The molecule has 1 rings (SSSR count). The molecule has 0 aliphatic rings. The molecule has 0 radical (unpaired) electrons. The average Bonchev–Trinajstić information content (AvgIpc) is 2.24. The molecule has 0 fully saturated rings. The molecule has 17 heavy (non-hydrogen) atoms. The van der Waals surface area contributed by atoms with E-state index < -0.39 is 11.6 Å². The molecular weight excluding hydrogens is 222 g/mol. The zero-order valence-electron chi connectivity index (χ0n) is 10.3. The molecule has 1 N–H and O–H groups in total. The van der Waals surface area contributed by atoms with Crippen LogP contribution in [-0.2, 0) is 16.1 Å². The molecular formula is C12H17NO4. The molecule has 0 saturated carbocycles. The number of aliphatic hydroxyl groups excluding tert-OH is 1. The number of carbonyl (C=O) groups excluding carboxylic acids is 1. The van der Waals surface area contributed by atoms with Gasteiger partial charge in [0.1, 0.15) is 5.60 Å². The number of hydrogen-bond donors (Lipinski definition) is 1. The third-order valence-electron chi connectivity index (χ3n) is 1.77. The van der Waals surface area contributed by atoms with Crippen LogP contribution in [-0.4, -0.2) is 28.3 Å². The van der Waals surface area contributed by atoms with Gasteiger partial charge in [-0.1, -0.05) is 0 Å².